The number of hydrogen-bond donors (Lipinski definition) is 1. The lowest BCUT2D eigenvalue weighted by Crippen LogP contribution is -2.47. The lowest BCUT2D eigenvalue weighted by Gasteiger charge is -2.36. The first kappa shape index (κ1) is 14.6. The van der Waals surface area contributed by atoms with Crippen molar-refractivity contribution >= 4 is 11.6 Å². The molecule has 0 atom stereocenters. The lowest BCUT2D eigenvalue weighted by molar-refractivity contribution is 0.631. The van der Waals surface area contributed by atoms with Crippen molar-refractivity contribution in [1.82, 2.24) is 15.2 Å². The van der Waals surface area contributed by atoms with Crippen LogP contribution in [0.2, 0.25) is 0 Å². The van der Waals surface area contributed by atoms with Crippen molar-refractivity contribution in [3.8, 4) is 0 Å². The van der Waals surface area contributed by atoms with Crippen LogP contribution in [-0.2, 0) is 0 Å². The number of benzene rings is 1. The molecule has 3 rings (SSSR count). The molecule has 0 amide bonds. The Labute approximate surface area is 129 Å². The molecule has 1 fully saturated rings. The Bertz CT molecular complexity index is 732. The van der Waals surface area contributed by atoms with E-state index in [1.54, 1.807) is 6.92 Å². The van der Waals surface area contributed by atoms with Crippen LogP contribution in [0, 0.1) is 20.8 Å². The molecule has 1 aromatic heterocycles. The first-order valence-electron chi connectivity index (χ1n) is 7.55. The SMILES string of the molecule is Cc1ccc(C)c(N2CCN(c3nnc(C)c(=O)[nH]3)CC2)c1. The summed E-state index contributed by atoms with van der Waals surface area (Å²) in [6, 6.07) is 6.54. The maximum absolute atomic E-state index is 11.7. The van der Waals surface area contributed by atoms with E-state index in [4.69, 9.17) is 0 Å². The first-order valence-corrected chi connectivity index (χ1v) is 7.55. The molecule has 1 saturated heterocycles. The van der Waals surface area contributed by atoms with Crippen LogP contribution in [0.4, 0.5) is 11.6 Å². The van der Waals surface area contributed by atoms with Crippen LogP contribution in [0.5, 0.6) is 0 Å². The van der Waals surface area contributed by atoms with E-state index in [0.29, 0.717) is 11.6 Å². The van der Waals surface area contributed by atoms with Crippen molar-refractivity contribution < 1.29 is 0 Å². The van der Waals surface area contributed by atoms with Crippen LogP contribution < -0.4 is 15.4 Å². The summed E-state index contributed by atoms with van der Waals surface area (Å²) < 4.78 is 0. The minimum atomic E-state index is -0.165. The van der Waals surface area contributed by atoms with Crippen LogP contribution >= 0.6 is 0 Å². The molecule has 22 heavy (non-hydrogen) atoms. The maximum Gasteiger partial charge on any atom is 0.273 e. The predicted octanol–water partition coefficient (Wildman–Crippen LogP) is 1.42. The number of H-pyrrole nitrogens is 1. The normalized spacial score (nSPS) is 15.2. The van der Waals surface area contributed by atoms with Crippen molar-refractivity contribution in [2.24, 2.45) is 0 Å². The predicted molar refractivity (Wildman–Crippen MR) is 87.7 cm³/mol. The van der Waals surface area contributed by atoms with E-state index < -0.39 is 0 Å². The monoisotopic (exact) mass is 299 g/mol. The summed E-state index contributed by atoms with van der Waals surface area (Å²) in [6.45, 7) is 9.37. The largest absolute Gasteiger partial charge is 0.368 e. The van der Waals surface area contributed by atoms with Gasteiger partial charge in [0.25, 0.3) is 5.56 Å². The molecule has 0 bridgehead atoms. The number of anilines is 2. The van der Waals surface area contributed by atoms with Crippen LogP contribution in [0.3, 0.4) is 0 Å². The summed E-state index contributed by atoms with van der Waals surface area (Å²) in [6.07, 6.45) is 0. The molecule has 1 aromatic carbocycles. The number of aromatic nitrogens is 3. The summed E-state index contributed by atoms with van der Waals surface area (Å²) in [4.78, 5) is 18.9. The molecule has 2 heterocycles. The zero-order valence-electron chi connectivity index (χ0n) is 13.3. The second-order valence-electron chi connectivity index (χ2n) is 5.83. The third-order valence-corrected chi connectivity index (χ3v) is 4.13. The molecular weight excluding hydrogens is 278 g/mol. The third kappa shape index (κ3) is 2.81. The van der Waals surface area contributed by atoms with Gasteiger partial charge < -0.3 is 9.80 Å². The minimum Gasteiger partial charge on any atom is -0.368 e. The molecular formula is C16H21N5O. The Hall–Kier alpha value is -2.37. The molecule has 6 heteroatoms. The summed E-state index contributed by atoms with van der Waals surface area (Å²) in [5, 5.41) is 8.00. The number of rotatable bonds is 2. The van der Waals surface area contributed by atoms with E-state index in [2.05, 4.69) is 57.0 Å². The summed E-state index contributed by atoms with van der Waals surface area (Å²) in [5.74, 6) is 0.566. The molecule has 6 nitrogen and oxygen atoms in total. The molecule has 2 aromatic rings. The van der Waals surface area contributed by atoms with Gasteiger partial charge in [0.05, 0.1) is 0 Å². The zero-order valence-corrected chi connectivity index (χ0v) is 13.3. The van der Waals surface area contributed by atoms with E-state index >= 15 is 0 Å². The van der Waals surface area contributed by atoms with Gasteiger partial charge >= 0.3 is 0 Å². The summed E-state index contributed by atoms with van der Waals surface area (Å²) >= 11 is 0. The van der Waals surface area contributed by atoms with Crippen LogP contribution in [0.15, 0.2) is 23.0 Å². The molecule has 116 valence electrons. The van der Waals surface area contributed by atoms with Crippen molar-refractivity contribution in [3.05, 3.63) is 45.4 Å². The van der Waals surface area contributed by atoms with Gasteiger partial charge in [0, 0.05) is 31.9 Å². The Morgan fingerprint density at radius 3 is 2.36 bits per heavy atom. The van der Waals surface area contributed by atoms with Crippen molar-refractivity contribution in [3.63, 3.8) is 0 Å². The minimum absolute atomic E-state index is 0.165. The molecule has 0 spiro atoms. The van der Waals surface area contributed by atoms with Gasteiger partial charge in [0.15, 0.2) is 0 Å². The highest BCUT2D eigenvalue weighted by molar-refractivity contribution is 5.56. The molecule has 0 unspecified atom stereocenters. The Balaban J connectivity index is 1.73. The van der Waals surface area contributed by atoms with Crippen LogP contribution in [0.1, 0.15) is 16.8 Å². The molecule has 1 aliphatic rings. The number of piperazine rings is 1. The Morgan fingerprint density at radius 1 is 1.00 bits per heavy atom. The van der Waals surface area contributed by atoms with E-state index in [1.165, 1.54) is 16.8 Å². The van der Waals surface area contributed by atoms with Crippen LogP contribution in [0.25, 0.3) is 0 Å². The second kappa shape index (κ2) is 5.79. The lowest BCUT2D eigenvalue weighted by atomic mass is 10.1. The van der Waals surface area contributed by atoms with E-state index in [1.807, 2.05) is 0 Å². The number of nitrogens with zero attached hydrogens (tertiary/aromatic N) is 4. The first-order chi connectivity index (χ1) is 10.5. The van der Waals surface area contributed by atoms with Crippen molar-refractivity contribution in [2.45, 2.75) is 20.8 Å². The number of nitrogens with one attached hydrogen (secondary N) is 1. The zero-order chi connectivity index (χ0) is 15.7. The van der Waals surface area contributed by atoms with Crippen LogP contribution in [-0.4, -0.2) is 41.4 Å². The fourth-order valence-electron chi connectivity index (χ4n) is 2.75. The fourth-order valence-corrected chi connectivity index (χ4v) is 2.75. The average Bonchev–Trinajstić information content (AvgIpc) is 2.53. The van der Waals surface area contributed by atoms with E-state index in [-0.39, 0.29) is 5.56 Å². The summed E-state index contributed by atoms with van der Waals surface area (Å²) in [5.41, 5.74) is 4.10. The third-order valence-electron chi connectivity index (χ3n) is 4.13. The van der Waals surface area contributed by atoms with E-state index in [0.717, 1.165) is 26.2 Å². The van der Waals surface area contributed by atoms with Gasteiger partial charge in [0.1, 0.15) is 5.69 Å². The second-order valence-corrected chi connectivity index (χ2v) is 5.83. The van der Waals surface area contributed by atoms with Gasteiger partial charge in [-0.05, 0) is 38.0 Å². The number of aromatic amines is 1. The fraction of sp³-hybridized carbons (Fsp3) is 0.438. The Morgan fingerprint density at radius 2 is 1.68 bits per heavy atom. The Kier molecular flexibility index (Phi) is 3.83. The van der Waals surface area contributed by atoms with Crippen molar-refractivity contribution in [1.29, 1.82) is 0 Å². The van der Waals surface area contributed by atoms with Gasteiger partial charge in [-0.3, -0.25) is 9.78 Å². The quantitative estimate of drug-likeness (QED) is 0.908. The van der Waals surface area contributed by atoms with Gasteiger partial charge in [-0.1, -0.05) is 12.1 Å². The highest BCUT2D eigenvalue weighted by Crippen LogP contribution is 2.23. The molecule has 0 radical (unpaired) electrons. The van der Waals surface area contributed by atoms with Crippen molar-refractivity contribution in [2.75, 3.05) is 36.0 Å². The van der Waals surface area contributed by atoms with E-state index in [9.17, 15) is 4.79 Å². The number of aryl methyl sites for hydroxylation is 3. The smallest absolute Gasteiger partial charge is 0.273 e. The highest BCUT2D eigenvalue weighted by Gasteiger charge is 2.20. The topological polar surface area (TPSA) is 65.1 Å². The number of hydrogen-bond acceptors (Lipinski definition) is 5. The standard InChI is InChI=1S/C16H21N5O/c1-11-4-5-12(2)14(10-11)20-6-8-21(9-7-20)16-17-15(22)13(3)18-19-16/h4-5,10H,6-9H2,1-3H3,(H,17,19,22). The molecule has 0 aliphatic carbocycles. The molecule has 0 saturated carbocycles. The van der Waals surface area contributed by atoms with Gasteiger partial charge in [-0.25, -0.2) is 0 Å². The highest BCUT2D eigenvalue weighted by atomic mass is 16.1. The van der Waals surface area contributed by atoms with Gasteiger partial charge in [0.2, 0.25) is 5.95 Å². The maximum atomic E-state index is 11.7. The summed E-state index contributed by atoms with van der Waals surface area (Å²) in [7, 11) is 0. The molecule has 1 aliphatic heterocycles. The molecule has 1 N–H and O–H groups in total. The average molecular weight is 299 g/mol. The van der Waals surface area contributed by atoms with Gasteiger partial charge in [-0.2, -0.15) is 0 Å². The van der Waals surface area contributed by atoms with Gasteiger partial charge in [-0.15, -0.1) is 10.2 Å².